The van der Waals surface area contributed by atoms with E-state index in [1.807, 2.05) is 12.1 Å². The van der Waals surface area contributed by atoms with E-state index in [2.05, 4.69) is 25.9 Å². The van der Waals surface area contributed by atoms with Crippen molar-refractivity contribution in [2.24, 2.45) is 0 Å². The van der Waals surface area contributed by atoms with E-state index < -0.39 is 5.97 Å². The molecule has 0 saturated carbocycles. The van der Waals surface area contributed by atoms with Crippen LogP contribution >= 0.6 is 28.1 Å². The number of carbonyl (C=O) groups is 1. The number of benzene rings is 1. The Hall–Kier alpha value is -1.53. The highest BCUT2D eigenvalue weighted by atomic mass is 79.9. The molecule has 0 aliphatic rings. The van der Waals surface area contributed by atoms with Gasteiger partial charge in [-0.05, 0) is 29.9 Å². The zero-order chi connectivity index (χ0) is 12.4. The van der Waals surface area contributed by atoms with Crippen LogP contribution in [0.15, 0.2) is 34.9 Å². The molecule has 2 N–H and O–H groups in total. The van der Waals surface area contributed by atoms with Crippen LogP contribution in [0, 0.1) is 4.77 Å². The average molecular weight is 311 g/mol. The zero-order valence-corrected chi connectivity index (χ0v) is 10.9. The standard InChI is InChI=1S/C11H7BrN2O2S/c12-7-3-1-6(2-4-7)9-8(10(15)16)5-13-11(17)14-9/h1-5H,(H,15,16)(H,13,14,17). The molecule has 0 amide bonds. The molecule has 0 aliphatic heterocycles. The van der Waals surface area contributed by atoms with Crippen molar-refractivity contribution in [3.8, 4) is 11.3 Å². The number of aromatic amines is 1. The van der Waals surface area contributed by atoms with E-state index in [9.17, 15) is 4.79 Å². The topological polar surface area (TPSA) is 66.0 Å². The Morgan fingerprint density at radius 1 is 1.35 bits per heavy atom. The molecular formula is C11H7BrN2O2S. The molecule has 0 fully saturated rings. The molecular weight excluding hydrogens is 304 g/mol. The van der Waals surface area contributed by atoms with Gasteiger partial charge >= 0.3 is 5.97 Å². The number of rotatable bonds is 2. The fraction of sp³-hybridized carbons (Fsp3) is 0. The van der Waals surface area contributed by atoms with Gasteiger partial charge in [0.25, 0.3) is 0 Å². The summed E-state index contributed by atoms with van der Waals surface area (Å²) in [6, 6.07) is 7.27. The lowest BCUT2D eigenvalue weighted by Gasteiger charge is -2.05. The molecule has 2 rings (SSSR count). The third-order valence-corrected chi connectivity index (χ3v) is 2.91. The molecule has 1 aromatic carbocycles. The van der Waals surface area contributed by atoms with Gasteiger partial charge in [0.15, 0.2) is 4.77 Å². The predicted molar refractivity (Wildman–Crippen MR) is 69.5 cm³/mol. The van der Waals surface area contributed by atoms with Gasteiger partial charge in [0.2, 0.25) is 0 Å². The van der Waals surface area contributed by atoms with Crippen LogP contribution in [0.1, 0.15) is 10.4 Å². The van der Waals surface area contributed by atoms with Gasteiger partial charge in [0.05, 0.1) is 5.69 Å². The SMILES string of the molecule is O=C(O)c1cnc(=S)[nH]c1-c1ccc(Br)cc1. The summed E-state index contributed by atoms with van der Waals surface area (Å²) in [5, 5.41) is 9.07. The molecule has 0 aliphatic carbocycles. The summed E-state index contributed by atoms with van der Waals surface area (Å²) >= 11 is 8.22. The third-order valence-electron chi connectivity index (χ3n) is 2.18. The normalized spacial score (nSPS) is 10.2. The van der Waals surface area contributed by atoms with E-state index in [1.54, 1.807) is 12.1 Å². The van der Waals surface area contributed by atoms with Crippen molar-refractivity contribution in [3.05, 3.63) is 45.3 Å². The number of halogens is 1. The minimum atomic E-state index is -1.04. The van der Waals surface area contributed by atoms with E-state index in [1.165, 1.54) is 6.20 Å². The molecule has 4 nitrogen and oxygen atoms in total. The van der Waals surface area contributed by atoms with Crippen LogP contribution in [0.25, 0.3) is 11.3 Å². The molecule has 86 valence electrons. The van der Waals surface area contributed by atoms with Gasteiger partial charge in [0, 0.05) is 10.7 Å². The van der Waals surface area contributed by atoms with Crippen molar-refractivity contribution in [2.45, 2.75) is 0 Å². The van der Waals surface area contributed by atoms with E-state index in [0.717, 1.165) is 10.0 Å². The van der Waals surface area contributed by atoms with Gasteiger partial charge in [-0.2, -0.15) is 0 Å². The quantitative estimate of drug-likeness (QED) is 0.836. The van der Waals surface area contributed by atoms with Crippen LogP contribution in [0.3, 0.4) is 0 Å². The molecule has 0 spiro atoms. The maximum absolute atomic E-state index is 11.1. The first kappa shape index (κ1) is 11.9. The highest BCUT2D eigenvalue weighted by Crippen LogP contribution is 2.22. The Morgan fingerprint density at radius 2 is 2.00 bits per heavy atom. The van der Waals surface area contributed by atoms with E-state index in [-0.39, 0.29) is 10.3 Å². The summed E-state index contributed by atoms with van der Waals surface area (Å²) < 4.78 is 1.18. The summed E-state index contributed by atoms with van der Waals surface area (Å²) in [7, 11) is 0. The van der Waals surface area contributed by atoms with Crippen molar-refractivity contribution in [1.29, 1.82) is 0 Å². The van der Waals surface area contributed by atoms with Gasteiger partial charge in [0.1, 0.15) is 5.56 Å². The lowest BCUT2D eigenvalue weighted by molar-refractivity contribution is 0.0697. The van der Waals surface area contributed by atoms with Crippen molar-refractivity contribution >= 4 is 34.1 Å². The molecule has 1 aromatic heterocycles. The Balaban J connectivity index is 2.64. The first-order valence-electron chi connectivity index (χ1n) is 4.66. The van der Waals surface area contributed by atoms with E-state index in [0.29, 0.717) is 5.69 Å². The number of nitrogens with one attached hydrogen (secondary N) is 1. The van der Waals surface area contributed by atoms with Gasteiger partial charge < -0.3 is 10.1 Å². The fourth-order valence-electron chi connectivity index (χ4n) is 1.40. The molecule has 0 unspecified atom stereocenters. The number of nitrogens with zero attached hydrogens (tertiary/aromatic N) is 1. The lowest BCUT2D eigenvalue weighted by Crippen LogP contribution is -2.03. The number of carboxylic acid groups (broad SMARTS) is 1. The number of hydrogen-bond acceptors (Lipinski definition) is 3. The first-order valence-corrected chi connectivity index (χ1v) is 5.86. The molecule has 2 aromatic rings. The first-order chi connectivity index (χ1) is 8.08. The van der Waals surface area contributed by atoms with Crippen LogP contribution in [0.4, 0.5) is 0 Å². The van der Waals surface area contributed by atoms with E-state index in [4.69, 9.17) is 17.3 Å². The largest absolute Gasteiger partial charge is 0.478 e. The summed E-state index contributed by atoms with van der Waals surface area (Å²) in [5.74, 6) is -1.04. The number of carboxylic acids is 1. The summed E-state index contributed by atoms with van der Waals surface area (Å²) in [6.45, 7) is 0. The predicted octanol–water partition coefficient (Wildman–Crippen LogP) is 3.27. The Bertz CT molecular complexity index is 622. The Kier molecular flexibility index (Phi) is 3.35. The smallest absolute Gasteiger partial charge is 0.339 e. The zero-order valence-electron chi connectivity index (χ0n) is 8.48. The minimum Gasteiger partial charge on any atom is -0.478 e. The maximum Gasteiger partial charge on any atom is 0.339 e. The highest BCUT2D eigenvalue weighted by Gasteiger charge is 2.12. The highest BCUT2D eigenvalue weighted by molar-refractivity contribution is 9.10. The minimum absolute atomic E-state index is 0.0981. The molecule has 1 heterocycles. The van der Waals surface area contributed by atoms with Crippen LogP contribution in [-0.4, -0.2) is 21.0 Å². The van der Waals surface area contributed by atoms with Crippen LogP contribution in [0.5, 0.6) is 0 Å². The summed E-state index contributed by atoms with van der Waals surface area (Å²) in [6.07, 6.45) is 1.26. The van der Waals surface area contributed by atoms with Crippen LogP contribution in [-0.2, 0) is 0 Å². The second-order valence-electron chi connectivity index (χ2n) is 3.29. The van der Waals surface area contributed by atoms with Crippen molar-refractivity contribution in [2.75, 3.05) is 0 Å². The van der Waals surface area contributed by atoms with Gasteiger partial charge in [-0.1, -0.05) is 28.1 Å². The van der Waals surface area contributed by atoms with Crippen LogP contribution in [0.2, 0.25) is 0 Å². The molecule has 17 heavy (non-hydrogen) atoms. The van der Waals surface area contributed by atoms with E-state index >= 15 is 0 Å². The summed E-state index contributed by atoms with van der Waals surface area (Å²) in [5.41, 5.74) is 1.31. The molecule has 0 bridgehead atoms. The van der Waals surface area contributed by atoms with Gasteiger partial charge in [-0.3, -0.25) is 0 Å². The second kappa shape index (κ2) is 4.77. The molecule has 0 radical (unpaired) electrons. The second-order valence-corrected chi connectivity index (χ2v) is 4.59. The van der Waals surface area contributed by atoms with Crippen molar-refractivity contribution < 1.29 is 9.90 Å². The average Bonchev–Trinajstić information content (AvgIpc) is 2.29. The summed E-state index contributed by atoms with van der Waals surface area (Å²) in [4.78, 5) is 17.6. The van der Waals surface area contributed by atoms with Gasteiger partial charge in [-0.25, -0.2) is 9.78 Å². The number of H-pyrrole nitrogens is 1. The maximum atomic E-state index is 11.1. The Morgan fingerprint density at radius 3 is 2.59 bits per heavy atom. The van der Waals surface area contributed by atoms with Gasteiger partial charge in [-0.15, -0.1) is 0 Å². The van der Waals surface area contributed by atoms with Crippen molar-refractivity contribution in [1.82, 2.24) is 9.97 Å². The third kappa shape index (κ3) is 2.59. The Labute approximate surface area is 110 Å². The fourth-order valence-corrected chi connectivity index (χ4v) is 1.82. The van der Waals surface area contributed by atoms with Crippen LogP contribution < -0.4 is 0 Å². The molecule has 0 atom stereocenters. The number of aromatic nitrogens is 2. The monoisotopic (exact) mass is 310 g/mol. The number of aromatic carboxylic acids is 1. The lowest BCUT2D eigenvalue weighted by atomic mass is 10.1. The van der Waals surface area contributed by atoms with Crippen molar-refractivity contribution in [3.63, 3.8) is 0 Å². The number of hydrogen-bond donors (Lipinski definition) is 2. The molecule has 0 saturated heterocycles. The molecule has 6 heteroatoms.